The maximum atomic E-state index is 14.9. The second-order valence-electron chi connectivity index (χ2n) is 10.1. The Bertz CT molecular complexity index is 1060. The Kier molecular flexibility index (Phi) is 8.75. The lowest BCUT2D eigenvalue weighted by Crippen LogP contribution is -2.15. The minimum atomic E-state index is -0.695. The molecule has 0 spiro atoms. The third-order valence-electron chi connectivity index (χ3n) is 7.82. The summed E-state index contributed by atoms with van der Waals surface area (Å²) in [4.78, 5) is 0. The maximum absolute atomic E-state index is 14.9. The highest BCUT2D eigenvalue weighted by Gasteiger charge is 2.24. The Balaban J connectivity index is 1.31. The van der Waals surface area contributed by atoms with Crippen LogP contribution in [0.15, 0.2) is 48.6 Å². The summed E-state index contributed by atoms with van der Waals surface area (Å²) in [5.74, 6) is -0.0278. The van der Waals surface area contributed by atoms with Crippen LogP contribution in [0.25, 0.3) is 5.57 Å². The molecule has 0 amide bonds. The standard InChI is InChI=1S/C31H37F3O/c1-3-5-21-8-13-24(14-9-21)27-18-16-25(30(33)31(27)34)15-10-22-6-11-23(12-7-22)26-17-19-29(35-4-2)28(32)20-26/h3,5,13,16-23H,4,6-12,14-15H2,1-2H3/b5-3+. The smallest absolute Gasteiger partial charge is 0.166 e. The highest BCUT2D eigenvalue weighted by Crippen LogP contribution is 2.39. The second-order valence-corrected chi connectivity index (χ2v) is 10.1. The molecule has 0 saturated heterocycles. The van der Waals surface area contributed by atoms with Crippen LogP contribution in [-0.4, -0.2) is 6.61 Å². The van der Waals surface area contributed by atoms with Gasteiger partial charge in [-0.1, -0.05) is 36.4 Å². The van der Waals surface area contributed by atoms with Gasteiger partial charge in [0.05, 0.1) is 6.61 Å². The normalized spacial score (nSPS) is 22.9. The van der Waals surface area contributed by atoms with Gasteiger partial charge in [0.15, 0.2) is 23.2 Å². The van der Waals surface area contributed by atoms with Gasteiger partial charge in [-0.2, -0.15) is 0 Å². The number of benzene rings is 2. The van der Waals surface area contributed by atoms with Crippen LogP contribution in [0.4, 0.5) is 13.2 Å². The van der Waals surface area contributed by atoms with Crippen molar-refractivity contribution in [3.63, 3.8) is 0 Å². The van der Waals surface area contributed by atoms with Gasteiger partial charge in [-0.3, -0.25) is 0 Å². The molecule has 0 heterocycles. The lowest BCUT2D eigenvalue weighted by Gasteiger charge is -2.29. The van der Waals surface area contributed by atoms with Crippen LogP contribution in [0, 0.1) is 29.3 Å². The molecule has 35 heavy (non-hydrogen) atoms. The third kappa shape index (κ3) is 6.20. The molecule has 1 saturated carbocycles. The average Bonchev–Trinajstić information content (AvgIpc) is 2.87. The Morgan fingerprint density at radius 2 is 1.77 bits per heavy atom. The molecule has 0 radical (unpaired) electrons. The van der Waals surface area contributed by atoms with Crippen LogP contribution in [0.2, 0.25) is 0 Å². The summed E-state index contributed by atoms with van der Waals surface area (Å²) in [5.41, 5.74) is 2.86. The number of rotatable bonds is 8. The van der Waals surface area contributed by atoms with Crippen molar-refractivity contribution >= 4 is 5.57 Å². The number of aryl methyl sites for hydroxylation is 1. The van der Waals surface area contributed by atoms with Crippen molar-refractivity contribution in [3.8, 4) is 5.75 Å². The Labute approximate surface area is 208 Å². The van der Waals surface area contributed by atoms with Crippen molar-refractivity contribution < 1.29 is 17.9 Å². The number of halogens is 3. The van der Waals surface area contributed by atoms with Gasteiger partial charge >= 0.3 is 0 Å². The van der Waals surface area contributed by atoms with Crippen LogP contribution >= 0.6 is 0 Å². The summed E-state index contributed by atoms with van der Waals surface area (Å²) in [5, 5.41) is 0. The van der Waals surface area contributed by atoms with Crippen molar-refractivity contribution in [1.29, 1.82) is 0 Å². The first-order valence-electron chi connectivity index (χ1n) is 13.2. The van der Waals surface area contributed by atoms with Gasteiger partial charge in [-0.15, -0.1) is 0 Å². The zero-order valence-corrected chi connectivity index (χ0v) is 21.0. The molecule has 1 fully saturated rings. The maximum Gasteiger partial charge on any atom is 0.166 e. The number of hydrogen-bond donors (Lipinski definition) is 0. The second kappa shape index (κ2) is 12.0. The van der Waals surface area contributed by atoms with Gasteiger partial charge in [0.25, 0.3) is 0 Å². The first-order chi connectivity index (χ1) is 17.0. The summed E-state index contributed by atoms with van der Waals surface area (Å²) in [6.07, 6.45) is 14.4. The molecule has 0 N–H and O–H groups in total. The van der Waals surface area contributed by atoms with E-state index in [1.165, 1.54) is 0 Å². The Morgan fingerprint density at radius 3 is 2.43 bits per heavy atom. The van der Waals surface area contributed by atoms with Gasteiger partial charge in [-0.25, -0.2) is 13.2 Å². The van der Waals surface area contributed by atoms with Gasteiger partial charge in [0.1, 0.15) is 0 Å². The molecule has 0 bridgehead atoms. The van der Waals surface area contributed by atoms with Crippen LogP contribution in [0.1, 0.15) is 87.8 Å². The molecule has 1 unspecified atom stereocenters. The van der Waals surface area contributed by atoms with Crippen molar-refractivity contribution in [3.05, 3.63) is 82.7 Å². The predicted octanol–water partition coefficient (Wildman–Crippen LogP) is 9.17. The van der Waals surface area contributed by atoms with Crippen LogP contribution in [0.3, 0.4) is 0 Å². The van der Waals surface area contributed by atoms with Crippen LogP contribution < -0.4 is 4.74 Å². The van der Waals surface area contributed by atoms with E-state index in [9.17, 15) is 13.2 Å². The molecular formula is C31H37F3O. The van der Waals surface area contributed by atoms with E-state index in [1.54, 1.807) is 24.3 Å². The first kappa shape index (κ1) is 25.6. The highest BCUT2D eigenvalue weighted by atomic mass is 19.2. The molecule has 1 nitrogen and oxygen atoms in total. The van der Waals surface area contributed by atoms with E-state index in [4.69, 9.17) is 4.74 Å². The quantitative estimate of drug-likeness (QED) is 0.341. The van der Waals surface area contributed by atoms with Gasteiger partial charge in [0.2, 0.25) is 0 Å². The van der Waals surface area contributed by atoms with Crippen molar-refractivity contribution in [2.24, 2.45) is 11.8 Å². The summed E-state index contributed by atoms with van der Waals surface area (Å²) < 4.78 is 49.4. The highest BCUT2D eigenvalue weighted by molar-refractivity contribution is 5.67. The molecule has 2 aromatic carbocycles. The van der Waals surface area contributed by atoms with Gasteiger partial charge < -0.3 is 4.74 Å². The first-order valence-corrected chi connectivity index (χ1v) is 13.2. The SMILES string of the molecule is C/C=C/C1CC=C(c2ccc(CCC3CCC(c4ccc(OCC)c(F)c4)CC3)c(F)c2F)CC1. The van der Waals surface area contributed by atoms with E-state index >= 15 is 0 Å². The van der Waals surface area contributed by atoms with Crippen molar-refractivity contribution in [1.82, 2.24) is 0 Å². The van der Waals surface area contributed by atoms with E-state index in [-0.39, 0.29) is 5.82 Å². The monoisotopic (exact) mass is 482 g/mol. The molecule has 2 aliphatic carbocycles. The fraction of sp³-hybridized carbons (Fsp3) is 0.484. The third-order valence-corrected chi connectivity index (χ3v) is 7.82. The minimum absolute atomic E-state index is 0.297. The van der Waals surface area contributed by atoms with E-state index in [1.807, 2.05) is 19.9 Å². The molecule has 4 heteroatoms. The fourth-order valence-electron chi connectivity index (χ4n) is 5.76. The van der Waals surface area contributed by atoms with Crippen molar-refractivity contribution in [2.45, 2.75) is 77.6 Å². The fourth-order valence-corrected chi connectivity index (χ4v) is 5.76. The van der Waals surface area contributed by atoms with Gasteiger partial charge in [0, 0.05) is 5.56 Å². The topological polar surface area (TPSA) is 9.23 Å². The van der Waals surface area contributed by atoms with E-state index < -0.39 is 11.6 Å². The summed E-state index contributed by atoms with van der Waals surface area (Å²) in [6.45, 7) is 4.31. The number of hydrogen-bond acceptors (Lipinski definition) is 1. The zero-order chi connectivity index (χ0) is 24.8. The van der Waals surface area contributed by atoms with E-state index in [2.05, 4.69) is 18.2 Å². The minimum Gasteiger partial charge on any atom is -0.491 e. The summed E-state index contributed by atoms with van der Waals surface area (Å²) >= 11 is 0. The van der Waals surface area contributed by atoms with Gasteiger partial charge in [-0.05, 0) is 118 Å². The molecule has 1 atom stereocenters. The van der Waals surface area contributed by atoms with Crippen molar-refractivity contribution in [2.75, 3.05) is 6.61 Å². The molecular weight excluding hydrogens is 445 g/mol. The lowest BCUT2D eigenvalue weighted by atomic mass is 9.77. The molecule has 0 aromatic heterocycles. The average molecular weight is 483 g/mol. The largest absolute Gasteiger partial charge is 0.491 e. The molecule has 188 valence electrons. The Hall–Kier alpha value is -2.49. The predicted molar refractivity (Wildman–Crippen MR) is 137 cm³/mol. The number of allylic oxidation sites excluding steroid dienone is 4. The Morgan fingerprint density at radius 1 is 0.971 bits per heavy atom. The summed E-state index contributed by atoms with van der Waals surface area (Å²) in [7, 11) is 0. The molecule has 4 rings (SSSR count). The zero-order valence-electron chi connectivity index (χ0n) is 21.0. The summed E-state index contributed by atoms with van der Waals surface area (Å²) in [6, 6.07) is 8.86. The molecule has 2 aliphatic rings. The van der Waals surface area contributed by atoms with Crippen LogP contribution in [0.5, 0.6) is 5.75 Å². The molecule has 0 aliphatic heterocycles. The van der Waals surface area contributed by atoms with E-state index in [0.29, 0.717) is 47.7 Å². The van der Waals surface area contributed by atoms with E-state index in [0.717, 1.165) is 62.5 Å². The number of ether oxygens (including phenoxy) is 1. The lowest BCUT2D eigenvalue weighted by molar-refractivity contribution is 0.306. The molecule has 2 aromatic rings. The van der Waals surface area contributed by atoms with Crippen LogP contribution in [-0.2, 0) is 6.42 Å².